The van der Waals surface area contributed by atoms with Crippen LogP contribution in [-0.4, -0.2) is 19.3 Å². The third kappa shape index (κ3) is 5.40. The molecule has 3 rings (SSSR count). The van der Waals surface area contributed by atoms with Gasteiger partial charge >= 0.3 is 6.18 Å². The van der Waals surface area contributed by atoms with Gasteiger partial charge in [-0.3, -0.25) is 0 Å². The van der Waals surface area contributed by atoms with Gasteiger partial charge in [-0.05, 0) is 85.9 Å². The molecule has 1 N–H and O–H groups in total. The van der Waals surface area contributed by atoms with Gasteiger partial charge in [0.05, 0.1) is 7.11 Å². The molecule has 0 aromatic heterocycles. The van der Waals surface area contributed by atoms with Gasteiger partial charge < -0.3 is 10.1 Å². The average Bonchev–Trinajstić information content (AvgIpc) is 2.69. The van der Waals surface area contributed by atoms with E-state index >= 15 is 0 Å². The maximum atomic E-state index is 13.5. The van der Waals surface area contributed by atoms with E-state index in [0.717, 1.165) is 43.6 Å². The highest BCUT2D eigenvalue weighted by atomic mass is 19.4. The third-order valence-electron chi connectivity index (χ3n) is 5.58. The summed E-state index contributed by atoms with van der Waals surface area (Å²) in [6.45, 7) is 0. The first kappa shape index (κ1) is 20.5. The van der Waals surface area contributed by atoms with Gasteiger partial charge in [0.15, 0.2) is 0 Å². The number of anilines is 1. The lowest BCUT2D eigenvalue weighted by Crippen LogP contribution is -2.38. The molecule has 0 spiro atoms. The number of nitrogens with one attached hydrogen (secondary N) is 1. The molecule has 2 aromatic rings. The van der Waals surface area contributed by atoms with Crippen LogP contribution in [0, 0.1) is 11.7 Å². The molecule has 1 fully saturated rings. The van der Waals surface area contributed by atoms with E-state index in [1.54, 1.807) is 7.11 Å². The molecule has 0 bridgehead atoms. The van der Waals surface area contributed by atoms with Gasteiger partial charge in [0.1, 0.15) is 17.6 Å². The molecule has 28 heavy (non-hydrogen) atoms. The molecule has 0 saturated heterocycles. The van der Waals surface area contributed by atoms with Crippen molar-refractivity contribution in [2.24, 2.45) is 5.92 Å². The van der Waals surface area contributed by atoms with Gasteiger partial charge in [-0.15, -0.1) is 0 Å². The van der Waals surface area contributed by atoms with Crippen LogP contribution in [0.15, 0.2) is 48.5 Å². The second-order valence-electron chi connectivity index (χ2n) is 7.47. The Balaban J connectivity index is 1.57. The molecule has 2 aromatic carbocycles. The topological polar surface area (TPSA) is 21.3 Å². The molecule has 0 aliphatic heterocycles. The number of benzene rings is 2. The Labute approximate surface area is 162 Å². The van der Waals surface area contributed by atoms with Gasteiger partial charge in [-0.25, -0.2) is 4.39 Å². The first-order valence-corrected chi connectivity index (χ1v) is 9.58. The standard InChI is InChI=1S/C22H25F4NO/c1-28-20-12-6-17(7-13-20)16-4-2-15(3-5-16)14-21(22(24,25)26)27-19-10-8-18(23)9-11-19/h6-13,15-16,21,27H,2-5,14H2,1H3. The second-order valence-corrected chi connectivity index (χ2v) is 7.47. The Morgan fingerprint density at radius 2 is 1.57 bits per heavy atom. The zero-order valence-corrected chi connectivity index (χ0v) is 15.8. The first-order chi connectivity index (χ1) is 13.3. The molecule has 0 heterocycles. The minimum Gasteiger partial charge on any atom is -0.497 e. The lowest BCUT2D eigenvalue weighted by molar-refractivity contribution is -0.146. The fraction of sp³-hybridized carbons (Fsp3) is 0.455. The fourth-order valence-corrected chi connectivity index (χ4v) is 3.96. The molecular formula is C22H25F4NO. The maximum absolute atomic E-state index is 13.5. The number of rotatable bonds is 6. The predicted octanol–water partition coefficient (Wildman–Crippen LogP) is 6.54. The second kappa shape index (κ2) is 8.84. The third-order valence-corrected chi connectivity index (χ3v) is 5.58. The number of alkyl halides is 3. The summed E-state index contributed by atoms with van der Waals surface area (Å²) in [5.41, 5.74) is 1.51. The largest absolute Gasteiger partial charge is 0.497 e. The molecule has 1 saturated carbocycles. The van der Waals surface area contributed by atoms with Crippen molar-refractivity contribution in [1.29, 1.82) is 0 Å². The highest BCUT2D eigenvalue weighted by molar-refractivity contribution is 5.44. The Morgan fingerprint density at radius 1 is 0.964 bits per heavy atom. The first-order valence-electron chi connectivity index (χ1n) is 9.58. The zero-order chi connectivity index (χ0) is 20.1. The van der Waals surface area contributed by atoms with Crippen LogP contribution < -0.4 is 10.1 Å². The van der Waals surface area contributed by atoms with Crippen molar-refractivity contribution in [2.75, 3.05) is 12.4 Å². The molecule has 0 radical (unpaired) electrons. The Morgan fingerprint density at radius 3 is 2.11 bits per heavy atom. The van der Waals surface area contributed by atoms with Gasteiger partial charge in [0.2, 0.25) is 0 Å². The summed E-state index contributed by atoms with van der Waals surface area (Å²) in [6.07, 6.45) is -0.990. The molecular weight excluding hydrogens is 370 g/mol. The van der Waals surface area contributed by atoms with E-state index < -0.39 is 18.0 Å². The minimum atomic E-state index is -4.35. The lowest BCUT2D eigenvalue weighted by Gasteiger charge is -2.32. The molecule has 1 atom stereocenters. The summed E-state index contributed by atoms with van der Waals surface area (Å²) in [7, 11) is 1.62. The SMILES string of the molecule is COc1ccc(C2CCC(CC(Nc3ccc(F)cc3)C(F)(F)F)CC2)cc1. The van der Waals surface area contributed by atoms with Crippen molar-refractivity contribution in [1.82, 2.24) is 0 Å². The van der Waals surface area contributed by atoms with Crippen LogP contribution in [0.25, 0.3) is 0 Å². The summed E-state index contributed by atoms with van der Waals surface area (Å²) in [5.74, 6) is 0.744. The van der Waals surface area contributed by atoms with Gasteiger partial charge in [-0.1, -0.05) is 12.1 Å². The lowest BCUT2D eigenvalue weighted by atomic mass is 9.76. The Bertz CT molecular complexity index is 735. The van der Waals surface area contributed by atoms with Gasteiger partial charge in [0, 0.05) is 5.69 Å². The van der Waals surface area contributed by atoms with Crippen LogP contribution in [0.4, 0.5) is 23.2 Å². The zero-order valence-electron chi connectivity index (χ0n) is 15.8. The van der Waals surface area contributed by atoms with E-state index in [1.165, 1.54) is 17.7 Å². The highest BCUT2D eigenvalue weighted by Crippen LogP contribution is 2.40. The van der Waals surface area contributed by atoms with Crippen molar-refractivity contribution in [2.45, 2.75) is 50.2 Å². The molecule has 1 aliphatic rings. The number of halogens is 4. The number of ether oxygens (including phenoxy) is 1. The van der Waals surface area contributed by atoms with Crippen molar-refractivity contribution in [3.63, 3.8) is 0 Å². The van der Waals surface area contributed by atoms with Crippen molar-refractivity contribution in [3.8, 4) is 5.75 Å². The van der Waals surface area contributed by atoms with Crippen molar-refractivity contribution in [3.05, 3.63) is 59.9 Å². The van der Waals surface area contributed by atoms with Crippen LogP contribution in [0.3, 0.4) is 0 Å². The fourth-order valence-electron chi connectivity index (χ4n) is 3.96. The van der Waals surface area contributed by atoms with Crippen LogP contribution >= 0.6 is 0 Å². The summed E-state index contributed by atoms with van der Waals surface area (Å²) >= 11 is 0. The van der Waals surface area contributed by atoms with Crippen LogP contribution in [-0.2, 0) is 0 Å². The number of methoxy groups -OCH3 is 1. The smallest absolute Gasteiger partial charge is 0.408 e. The van der Waals surface area contributed by atoms with E-state index in [-0.39, 0.29) is 18.0 Å². The van der Waals surface area contributed by atoms with Gasteiger partial charge in [0.25, 0.3) is 0 Å². The van der Waals surface area contributed by atoms with Crippen molar-refractivity contribution >= 4 is 5.69 Å². The summed E-state index contributed by atoms with van der Waals surface area (Å²) in [4.78, 5) is 0. The Kier molecular flexibility index (Phi) is 6.47. The van der Waals surface area contributed by atoms with Gasteiger partial charge in [-0.2, -0.15) is 13.2 Å². The molecule has 0 amide bonds. The molecule has 152 valence electrons. The highest BCUT2D eigenvalue weighted by Gasteiger charge is 2.41. The van der Waals surface area contributed by atoms with E-state index in [4.69, 9.17) is 4.74 Å². The quantitative estimate of drug-likeness (QED) is 0.561. The summed E-state index contributed by atoms with van der Waals surface area (Å²) < 4.78 is 58.7. The van der Waals surface area contributed by atoms with Crippen molar-refractivity contribution < 1.29 is 22.3 Å². The van der Waals surface area contributed by atoms with Crippen LogP contribution in [0.2, 0.25) is 0 Å². The van der Waals surface area contributed by atoms with E-state index in [2.05, 4.69) is 5.32 Å². The maximum Gasteiger partial charge on any atom is 0.408 e. The minimum absolute atomic E-state index is 0.0223. The number of hydrogen-bond donors (Lipinski definition) is 1. The Hall–Kier alpha value is -2.24. The summed E-state index contributed by atoms with van der Waals surface area (Å²) in [6, 6.07) is 11.3. The molecule has 1 unspecified atom stereocenters. The van der Waals surface area contributed by atoms with Crippen LogP contribution in [0.1, 0.15) is 43.6 Å². The average molecular weight is 395 g/mol. The monoisotopic (exact) mass is 395 g/mol. The number of hydrogen-bond acceptors (Lipinski definition) is 2. The summed E-state index contributed by atoms with van der Waals surface area (Å²) in [5, 5.41) is 2.54. The molecule has 1 aliphatic carbocycles. The molecule has 6 heteroatoms. The van der Waals surface area contributed by atoms with Crippen LogP contribution in [0.5, 0.6) is 5.75 Å². The predicted molar refractivity (Wildman–Crippen MR) is 102 cm³/mol. The van der Waals surface area contributed by atoms with E-state index in [9.17, 15) is 17.6 Å². The van der Waals surface area contributed by atoms with E-state index in [0.29, 0.717) is 5.92 Å². The van der Waals surface area contributed by atoms with E-state index in [1.807, 2.05) is 24.3 Å². The normalized spacial score (nSPS) is 21.2. The molecule has 2 nitrogen and oxygen atoms in total.